The van der Waals surface area contributed by atoms with Gasteiger partial charge in [0.05, 0.1) is 23.1 Å². The Balaban J connectivity index is 0.000000170. The zero-order valence-corrected chi connectivity index (χ0v) is 38.8. The number of hydrogen-bond donors (Lipinski definition) is 2. The van der Waals surface area contributed by atoms with Crippen LogP contribution in [0.2, 0.25) is 10.2 Å². The lowest BCUT2D eigenvalue weighted by Gasteiger charge is -2.29. The van der Waals surface area contributed by atoms with E-state index < -0.39 is 11.2 Å². The fraction of sp³-hybridized carbons (Fsp3) is 0.154. The number of ether oxygens (including phenoxy) is 2. The average Bonchev–Trinajstić information content (AvgIpc) is 3.74. The molecule has 340 valence electrons. The number of anilines is 4. The number of nitrogens with zero attached hydrogens (tertiary/aromatic N) is 8. The predicted octanol–water partition coefficient (Wildman–Crippen LogP) is 11.8. The van der Waals surface area contributed by atoms with Crippen LogP contribution in [-0.4, -0.2) is 53.8 Å². The fourth-order valence-electron chi connectivity index (χ4n) is 8.67. The van der Waals surface area contributed by atoms with Gasteiger partial charge in [-0.05, 0) is 98.5 Å². The van der Waals surface area contributed by atoms with Gasteiger partial charge < -0.3 is 20.9 Å². The lowest BCUT2D eigenvalue weighted by Crippen LogP contribution is -2.33. The van der Waals surface area contributed by atoms with Crippen molar-refractivity contribution < 1.29 is 19.1 Å². The first-order chi connectivity index (χ1) is 32.7. The van der Waals surface area contributed by atoms with Crippen LogP contribution in [0.4, 0.5) is 32.6 Å². The molecule has 2 aliphatic heterocycles. The highest BCUT2D eigenvalue weighted by Gasteiger charge is 2.50. The summed E-state index contributed by atoms with van der Waals surface area (Å²) in [7, 11) is 0. The van der Waals surface area contributed by atoms with Crippen molar-refractivity contribution in [1.29, 1.82) is 0 Å². The van der Waals surface area contributed by atoms with Crippen LogP contribution in [0.5, 0.6) is 0 Å². The van der Waals surface area contributed by atoms with Crippen molar-refractivity contribution in [3.05, 3.63) is 180 Å². The first-order valence-electron chi connectivity index (χ1n) is 21.5. The standard InChI is InChI=1S/2C26H22ClN5O2/c1-26(2)23(17-6-4-3-5-7-17)32(25(33)34-26)20-10-8-16(9-11-20)18-12-21(24(28)29-14-18)22-13-19(27)15-30-31-22;1-26(2)23(17-6-4-3-5-7-17)32(25(33)34-26)20-10-8-16(9-11-20)18-12-21(24(28)29-14-18)19-13-22(27)31-30-15-19/h2*3-15,23H,1-2H3,(H2,28,29)/t2*23-/m00/s1. The van der Waals surface area contributed by atoms with E-state index in [2.05, 4.69) is 30.4 Å². The Labute approximate surface area is 402 Å². The van der Waals surface area contributed by atoms with Crippen molar-refractivity contribution in [3.63, 3.8) is 0 Å². The summed E-state index contributed by atoms with van der Waals surface area (Å²) in [6.45, 7) is 7.71. The topological polar surface area (TPSA) is 188 Å². The van der Waals surface area contributed by atoms with Gasteiger partial charge in [-0.1, -0.05) is 108 Å². The molecule has 14 nitrogen and oxygen atoms in total. The van der Waals surface area contributed by atoms with Gasteiger partial charge in [0, 0.05) is 51.6 Å². The Hall–Kier alpha value is -7.94. The minimum Gasteiger partial charge on any atom is -0.441 e. The molecule has 0 radical (unpaired) electrons. The molecule has 2 saturated heterocycles. The Morgan fingerprint density at radius 3 is 1.44 bits per heavy atom. The number of benzene rings is 4. The highest BCUT2D eigenvalue weighted by Crippen LogP contribution is 2.46. The van der Waals surface area contributed by atoms with Crippen LogP contribution in [0.25, 0.3) is 44.6 Å². The molecule has 4 aromatic heterocycles. The smallest absolute Gasteiger partial charge is 0.415 e. The number of nitrogens with two attached hydrogens (primary N) is 2. The highest BCUT2D eigenvalue weighted by atomic mass is 35.5. The molecule has 2 fully saturated rings. The summed E-state index contributed by atoms with van der Waals surface area (Å²) in [6.07, 6.45) is 5.73. The molecule has 10 rings (SSSR count). The van der Waals surface area contributed by atoms with Gasteiger partial charge >= 0.3 is 12.2 Å². The van der Waals surface area contributed by atoms with Crippen LogP contribution in [-0.2, 0) is 9.47 Å². The van der Waals surface area contributed by atoms with Gasteiger partial charge in [0.1, 0.15) is 34.9 Å². The molecule has 8 aromatic rings. The average molecular weight is 944 g/mol. The molecule has 0 spiro atoms. The van der Waals surface area contributed by atoms with Gasteiger partial charge in [0.15, 0.2) is 5.15 Å². The van der Waals surface area contributed by atoms with E-state index in [1.807, 2.05) is 149 Å². The van der Waals surface area contributed by atoms with Crippen LogP contribution in [0.15, 0.2) is 158 Å². The molecular formula is C52H44Cl2N10O4. The van der Waals surface area contributed by atoms with Gasteiger partial charge in [-0.3, -0.25) is 9.80 Å². The van der Waals surface area contributed by atoms with Gasteiger partial charge in [0.25, 0.3) is 0 Å². The Kier molecular flexibility index (Phi) is 12.2. The number of aromatic nitrogens is 6. The monoisotopic (exact) mass is 942 g/mol. The molecule has 0 saturated carbocycles. The zero-order valence-electron chi connectivity index (χ0n) is 37.3. The van der Waals surface area contributed by atoms with E-state index in [9.17, 15) is 9.59 Å². The number of carbonyl (C=O) groups is 2. The van der Waals surface area contributed by atoms with Crippen molar-refractivity contribution in [2.75, 3.05) is 21.3 Å². The van der Waals surface area contributed by atoms with Gasteiger partial charge in [0.2, 0.25) is 0 Å². The van der Waals surface area contributed by atoms with Crippen LogP contribution in [0, 0.1) is 0 Å². The molecule has 0 aliphatic carbocycles. The quantitative estimate of drug-likeness (QED) is 0.147. The molecule has 2 atom stereocenters. The molecule has 2 amide bonds. The fourth-order valence-corrected chi connectivity index (χ4v) is 8.98. The van der Waals surface area contributed by atoms with E-state index in [0.717, 1.165) is 50.3 Å². The number of nitrogen functional groups attached to an aromatic ring is 2. The van der Waals surface area contributed by atoms with Crippen molar-refractivity contribution in [2.45, 2.75) is 51.0 Å². The van der Waals surface area contributed by atoms with E-state index >= 15 is 0 Å². The number of halogens is 2. The van der Waals surface area contributed by atoms with E-state index in [1.165, 1.54) is 6.20 Å². The minimum atomic E-state index is -0.676. The third-order valence-corrected chi connectivity index (χ3v) is 12.2. The number of pyridine rings is 2. The summed E-state index contributed by atoms with van der Waals surface area (Å²) in [5.41, 5.74) is 20.6. The SMILES string of the molecule is CC1(C)OC(=O)N(c2ccc(-c3cnc(N)c(-c4cc(Cl)cnn4)c3)cc2)[C@H]1c1ccccc1.CC1(C)OC(=O)N(c2ccc(-c3cnc(N)c(-c4cnnc(Cl)c4)c3)cc2)[C@H]1c1ccccc1. The van der Waals surface area contributed by atoms with Crippen molar-refractivity contribution in [3.8, 4) is 44.6 Å². The number of amides is 2. The lowest BCUT2D eigenvalue weighted by atomic mass is 9.91. The van der Waals surface area contributed by atoms with E-state index in [-0.39, 0.29) is 29.4 Å². The Bertz CT molecular complexity index is 2930. The second-order valence-corrected chi connectivity index (χ2v) is 18.1. The highest BCUT2D eigenvalue weighted by molar-refractivity contribution is 6.30. The summed E-state index contributed by atoms with van der Waals surface area (Å²) in [5.74, 6) is 0.710. The Morgan fingerprint density at radius 1 is 0.515 bits per heavy atom. The summed E-state index contributed by atoms with van der Waals surface area (Å²) in [5, 5.41) is 16.4. The molecule has 4 N–H and O–H groups in total. The minimum absolute atomic E-state index is 0.249. The van der Waals surface area contributed by atoms with Crippen molar-refractivity contribution in [1.82, 2.24) is 30.4 Å². The van der Waals surface area contributed by atoms with Crippen LogP contribution in [0.1, 0.15) is 50.9 Å². The maximum Gasteiger partial charge on any atom is 0.415 e. The van der Waals surface area contributed by atoms with Crippen LogP contribution in [0.3, 0.4) is 0 Å². The largest absolute Gasteiger partial charge is 0.441 e. The summed E-state index contributed by atoms with van der Waals surface area (Å²) < 4.78 is 11.5. The second kappa shape index (κ2) is 18.4. The van der Waals surface area contributed by atoms with Crippen molar-refractivity contribution in [2.24, 2.45) is 0 Å². The van der Waals surface area contributed by atoms with Gasteiger partial charge in [-0.2, -0.15) is 15.3 Å². The first-order valence-corrected chi connectivity index (χ1v) is 22.3. The number of cyclic esters (lactones) is 2. The van der Waals surface area contributed by atoms with Crippen molar-refractivity contribution >= 4 is 58.4 Å². The molecule has 16 heteroatoms. The molecule has 2 aliphatic rings. The second-order valence-electron chi connectivity index (χ2n) is 17.2. The van der Waals surface area contributed by atoms with E-state index in [4.69, 9.17) is 44.1 Å². The summed E-state index contributed by atoms with van der Waals surface area (Å²) in [6, 6.07) is 41.9. The van der Waals surface area contributed by atoms with E-state index in [0.29, 0.717) is 33.5 Å². The molecular weight excluding hydrogens is 900 g/mol. The molecule has 0 unspecified atom stereocenters. The zero-order chi connectivity index (χ0) is 47.7. The third-order valence-electron chi connectivity index (χ3n) is 11.8. The van der Waals surface area contributed by atoms with Crippen LogP contribution < -0.4 is 21.3 Å². The normalized spacial score (nSPS) is 17.0. The molecule has 4 aromatic carbocycles. The van der Waals surface area contributed by atoms with E-state index in [1.54, 1.807) is 40.5 Å². The molecule has 68 heavy (non-hydrogen) atoms. The maximum absolute atomic E-state index is 12.9. The summed E-state index contributed by atoms with van der Waals surface area (Å²) >= 11 is 12.1. The Morgan fingerprint density at radius 2 is 0.971 bits per heavy atom. The summed E-state index contributed by atoms with van der Waals surface area (Å²) in [4.78, 5) is 37.8. The molecule has 6 heterocycles. The predicted molar refractivity (Wildman–Crippen MR) is 265 cm³/mol. The number of hydrogen-bond acceptors (Lipinski definition) is 12. The number of rotatable bonds is 8. The molecule has 0 bridgehead atoms. The van der Waals surface area contributed by atoms with Gasteiger partial charge in [-0.25, -0.2) is 19.6 Å². The lowest BCUT2D eigenvalue weighted by molar-refractivity contribution is 0.0676. The first kappa shape index (κ1) is 45.2. The van der Waals surface area contributed by atoms with Gasteiger partial charge in [-0.15, -0.1) is 5.10 Å². The number of carbonyl (C=O) groups excluding carboxylic acids is 2. The van der Waals surface area contributed by atoms with Crippen LogP contribution >= 0.6 is 23.2 Å². The third kappa shape index (κ3) is 9.11. The maximum atomic E-state index is 12.9.